The van der Waals surface area contributed by atoms with E-state index in [1.807, 2.05) is 78.9 Å². The molecule has 4 aromatic rings. The molecule has 0 fully saturated rings. The van der Waals surface area contributed by atoms with Crippen molar-refractivity contribution in [1.82, 2.24) is 0 Å². The fourth-order valence-corrected chi connectivity index (χ4v) is 3.43. The lowest BCUT2D eigenvalue weighted by atomic mass is 10.0. The van der Waals surface area contributed by atoms with Crippen molar-refractivity contribution in [3.8, 4) is 11.5 Å². The molecule has 1 N–H and O–H groups in total. The zero-order chi connectivity index (χ0) is 20.2. The molecule has 0 saturated carbocycles. The molecule has 0 aliphatic heterocycles. The van der Waals surface area contributed by atoms with E-state index >= 15 is 0 Å². The molecule has 144 valence electrons. The number of amides is 1. The molecular formula is C25H21NO3. The van der Waals surface area contributed by atoms with Crippen molar-refractivity contribution in [2.24, 2.45) is 0 Å². The van der Waals surface area contributed by atoms with Crippen LogP contribution in [0, 0.1) is 0 Å². The van der Waals surface area contributed by atoms with Gasteiger partial charge in [-0.3, -0.25) is 4.79 Å². The third kappa shape index (κ3) is 3.78. The smallest absolute Gasteiger partial charge is 0.262 e. The number of hydrogen-bond donors (Lipinski definition) is 1. The molecule has 0 aliphatic rings. The van der Waals surface area contributed by atoms with Crippen LogP contribution >= 0.6 is 0 Å². The molecule has 1 amide bonds. The van der Waals surface area contributed by atoms with Gasteiger partial charge in [-0.2, -0.15) is 0 Å². The van der Waals surface area contributed by atoms with Crippen LogP contribution in [-0.4, -0.2) is 18.1 Å². The van der Waals surface area contributed by atoms with Gasteiger partial charge in [0.15, 0.2) is 0 Å². The van der Waals surface area contributed by atoms with Crippen molar-refractivity contribution < 1.29 is 14.6 Å². The minimum Gasteiger partial charge on any atom is -0.507 e. The number of para-hydroxylation sites is 2. The summed E-state index contributed by atoms with van der Waals surface area (Å²) in [6, 6.07) is 28.2. The topological polar surface area (TPSA) is 49.8 Å². The Kier molecular flexibility index (Phi) is 5.16. The number of aromatic hydroxyl groups is 1. The van der Waals surface area contributed by atoms with Gasteiger partial charge >= 0.3 is 0 Å². The molecule has 0 saturated heterocycles. The van der Waals surface area contributed by atoms with Crippen LogP contribution in [0.3, 0.4) is 0 Å². The minimum absolute atomic E-state index is 0.0401. The first-order valence-corrected chi connectivity index (χ1v) is 9.38. The van der Waals surface area contributed by atoms with E-state index in [1.165, 1.54) is 0 Å². The Balaban J connectivity index is 1.82. The fourth-order valence-electron chi connectivity index (χ4n) is 3.43. The molecule has 4 aromatic carbocycles. The van der Waals surface area contributed by atoms with Gasteiger partial charge < -0.3 is 14.7 Å². The van der Waals surface area contributed by atoms with Gasteiger partial charge in [0.2, 0.25) is 0 Å². The highest BCUT2D eigenvalue weighted by molar-refractivity contribution is 6.10. The van der Waals surface area contributed by atoms with Gasteiger partial charge in [0, 0.05) is 0 Å². The average Bonchev–Trinajstić information content (AvgIpc) is 2.77. The van der Waals surface area contributed by atoms with Crippen molar-refractivity contribution >= 4 is 22.4 Å². The second-order valence-electron chi connectivity index (χ2n) is 6.77. The number of hydrogen-bond acceptors (Lipinski definition) is 3. The average molecular weight is 383 g/mol. The number of benzene rings is 4. The summed E-state index contributed by atoms with van der Waals surface area (Å²) in [6.07, 6.45) is 0. The predicted molar refractivity (Wildman–Crippen MR) is 116 cm³/mol. The number of nitrogens with zero attached hydrogens (tertiary/aromatic N) is 1. The lowest BCUT2D eigenvalue weighted by Crippen LogP contribution is -2.30. The summed E-state index contributed by atoms with van der Waals surface area (Å²) in [5, 5.41) is 12.4. The Hall–Kier alpha value is -3.79. The number of ether oxygens (including phenoxy) is 1. The maximum Gasteiger partial charge on any atom is 0.262 e. The van der Waals surface area contributed by atoms with Gasteiger partial charge in [-0.25, -0.2) is 0 Å². The van der Waals surface area contributed by atoms with E-state index in [0.29, 0.717) is 18.0 Å². The zero-order valence-electron chi connectivity index (χ0n) is 16.1. The maximum absolute atomic E-state index is 13.6. The summed E-state index contributed by atoms with van der Waals surface area (Å²) < 4.78 is 5.49. The molecule has 4 nitrogen and oxygen atoms in total. The third-order valence-electron chi connectivity index (χ3n) is 4.90. The zero-order valence-corrected chi connectivity index (χ0v) is 16.1. The summed E-state index contributed by atoms with van der Waals surface area (Å²) in [7, 11) is 1.58. The van der Waals surface area contributed by atoms with E-state index in [0.717, 1.165) is 16.3 Å². The van der Waals surface area contributed by atoms with Gasteiger partial charge in [-0.15, -0.1) is 0 Å². The number of carbonyl (C=O) groups is 1. The van der Waals surface area contributed by atoms with E-state index < -0.39 is 0 Å². The number of rotatable bonds is 5. The number of methoxy groups -OCH3 is 1. The molecule has 0 aromatic heterocycles. The first-order chi connectivity index (χ1) is 14.2. The number of anilines is 1. The van der Waals surface area contributed by atoms with Crippen LogP contribution in [0.15, 0.2) is 91.0 Å². The fraction of sp³-hybridized carbons (Fsp3) is 0.0800. The molecule has 29 heavy (non-hydrogen) atoms. The molecule has 0 unspecified atom stereocenters. The lowest BCUT2D eigenvalue weighted by Gasteiger charge is -2.25. The summed E-state index contributed by atoms with van der Waals surface area (Å²) in [4.78, 5) is 15.2. The van der Waals surface area contributed by atoms with Gasteiger partial charge in [0.1, 0.15) is 11.5 Å². The van der Waals surface area contributed by atoms with E-state index in [9.17, 15) is 9.90 Å². The molecule has 4 heteroatoms. The second kappa shape index (κ2) is 8.07. The predicted octanol–water partition coefficient (Wildman–Crippen LogP) is 5.40. The summed E-state index contributed by atoms with van der Waals surface area (Å²) in [6.45, 7) is 0.353. The van der Waals surface area contributed by atoms with Crippen molar-refractivity contribution in [3.63, 3.8) is 0 Å². The number of phenols is 1. The standard InChI is InChI=1S/C25H21NO3/c1-29-24-14-8-7-13-22(24)26(17-18-9-3-2-4-10-18)25(28)21-15-19-11-5-6-12-20(19)16-23(21)27/h2-16,27H,17H2,1H3. The highest BCUT2D eigenvalue weighted by atomic mass is 16.5. The first kappa shape index (κ1) is 18.6. The normalized spacial score (nSPS) is 10.7. The number of fused-ring (bicyclic) bond motifs is 1. The van der Waals surface area contributed by atoms with Crippen LogP contribution in [0.1, 0.15) is 15.9 Å². The quantitative estimate of drug-likeness (QED) is 0.502. The van der Waals surface area contributed by atoms with Crippen LogP contribution in [-0.2, 0) is 6.54 Å². The first-order valence-electron chi connectivity index (χ1n) is 9.38. The monoisotopic (exact) mass is 383 g/mol. The molecule has 0 spiro atoms. The Morgan fingerprint density at radius 1 is 0.862 bits per heavy atom. The SMILES string of the molecule is COc1ccccc1N(Cc1ccccc1)C(=O)c1cc2ccccc2cc1O. The van der Waals surface area contributed by atoms with E-state index in [1.54, 1.807) is 24.1 Å². The summed E-state index contributed by atoms with van der Waals surface area (Å²) in [5.74, 6) is 0.264. The van der Waals surface area contributed by atoms with Crippen LogP contribution in [0.25, 0.3) is 10.8 Å². The largest absolute Gasteiger partial charge is 0.507 e. The number of phenolic OH excluding ortho intramolecular Hbond substituents is 1. The van der Waals surface area contributed by atoms with Crippen molar-refractivity contribution in [3.05, 3.63) is 102 Å². The van der Waals surface area contributed by atoms with Crippen LogP contribution < -0.4 is 9.64 Å². The second-order valence-corrected chi connectivity index (χ2v) is 6.77. The number of carbonyl (C=O) groups excluding carboxylic acids is 1. The molecule has 4 rings (SSSR count). The Morgan fingerprint density at radius 2 is 1.48 bits per heavy atom. The van der Waals surface area contributed by atoms with Gasteiger partial charge in [-0.1, -0.05) is 66.7 Å². The van der Waals surface area contributed by atoms with E-state index in [2.05, 4.69) is 0 Å². The van der Waals surface area contributed by atoms with E-state index in [-0.39, 0.29) is 17.2 Å². The molecular weight excluding hydrogens is 362 g/mol. The lowest BCUT2D eigenvalue weighted by molar-refractivity contribution is 0.0982. The molecule has 0 atom stereocenters. The van der Waals surface area contributed by atoms with Gasteiger partial charge in [0.25, 0.3) is 5.91 Å². The van der Waals surface area contributed by atoms with Crippen molar-refractivity contribution in [1.29, 1.82) is 0 Å². The van der Waals surface area contributed by atoms with Gasteiger partial charge in [0.05, 0.1) is 24.9 Å². The van der Waals surface area contributed by atoms with Crippen molar-refractivity contribution in [2.45, 2.75) is 6.54 Å². The molecule has 0 bridgehead atoms. The summed E-state index contributed by atoms with van der Waals surface area (Å²) >= 11 is 0. The van der Waals surface area contributed by atoms with Crippen LogP contribution in [0.2, 0.25) is 0 Å². The Bertz CT molecular complexity index is 1160. The third-order valence-corrected chi connectivity index (χ3v) is 4.90. The molecule has 0 aliphatic carbocycles. The Morgan fingerprint density at radius 3 is 2.21 bits per heavy atom. The summed E-state index contributed by atoms with van der Waals surface area (Å²) in [5.41, 5.74) is 1.88. The molecule has 0 radical (unpaired) electrons. The van der Waals surface area contributed by atoms with Crippen molar-refractivity contribution in [2.75, 3.05) is 12.0 Å². The van der Waals surface area contributed by atoms with E-state index in [4.69, 9.17) is 4.74 Å². The minimum atomic E-state index is -0.290. The Labute approximate surface area is 169 Å². The van der Waals surface area contributed by atoms with Crippen LogP contribution in [0.4, 0.5) is 5.69 Å². The maximum atomic E-state index is 13.6. The van der Waals surface area contributed by atoms with Crippen LogP contribution in [0.5, 0.6) is 11.5 Å². The molecule has 0 heterocycles. The highest BCUT2D eigenvalue weighted by Crippen LogP contribution is 2.33. The highest BCUT2D eigenvalue weighted by Gasteiger charge is 2.24. The van der Waals surface area contributed by atoms with Gasteiger partial charge in [-0.05, 0) is 40.6 Å².